The summed E-state index contributed by atoms with van der Waals surface area (Å²) in [7, 11) is -3.58. The van der Waals surface area contributed by atoms with Gasteiger partial charge in [0.25, 0.3) is 0 Å². The number of aryl methyl sites for hydroxylation is 1. The van der Waals surface area contributed by atoms with Crippen molar-refractivity contribution in [3.8, 4) is 0 Å². The lowest BCUT2D eigenvalue weighted by atomic mass is 10.1. The number of benzene rings is 2. The van der Waals surface area contributed by atoms with Gasteiger partial charge in [-0.25, -0.2) is 12.8 Å². The van der Waals surface area contributed by atoms with Crippen molar-refractivity contribution in [1.82, 2.24) is 4.31 Å². The molecule has 2 aromatic carbocycles. The highest BCUT2D eigenvalue weighted by molar-refractivity contribution is 7.89. The van der Waals surface area contributed by atoms with E-state index in [1.807, 2.05) is 0 Å². The highest BCUT2D eigenvalue weighted by Gasteiger charge is 2.36. The molecule has 1 saturated heterocycles. The Morgan fingerprint density at radius 1 is 1.16 bits per heavy atom. The van der Waals surface area contributed by atoms with Gasteiger partial charge in [0.2, 0.25) is 21.8 Å². The third-order valence-electron chi connectivity index (χ3n) is 5.35. The fourth-order valence-electron chi connectivity index (χ4n) is 3.61. The zero-order chi connectivity index (χ0) is 22.8. The zero-order valence-electron chi connectivity index (χ0n) is 17.8. The first-order chi connectivity index (χ1) is 14.7. The summed E-state index contributed by atoms with van der Waals surface area (Å²) in [6.07, 6.45) is -0.0203. The van der Waals surface area contributed by atoms with Crippen LogP contribution in [0, 0.1) is 18.7 Å². The molecule has 1 fully saturated rings. The van der Waals surface area contributed by atoms with Gasteiger partial charge >= 0.3 is 0 Å². The van der Waals surface area contributed by atoms with Gasteiger partial charge in [0.1, 0.15) is 5.82 Å². The minimum Gasteiger partial charge on any atom is -0.326 e. The highest BCUT2D eigenvalue weighted by atomic mass is 32.2. The van der Waals surface area contributed by atoms with Crippen LogP contribution in [-0.2, 0) is 19.6 Å². The number of nitrogens with zero attached hydrogens (tertiary/aromatic N) is 2. The van der Waals surface area contributed by atoms with Crippen LogP contribution in [0.25, 0.3) is 0 Å². The second kappa shape index (κ2) is 9.15. The fraction of sp³-hybridized carbons (Fsp3) is 0.364. The average Bonchev–Trinajstić information content (AvgIpc) is 3.11. The molecule has 0 bridgehead atoms. The number of carbonyl (C=O) groups is 2. The normalized spacial score (nSPS) is 16.7. The van der Waals surface area contributed by atoms with E-state index in [0.29, 0.717) is 18.8 Å². The van der Waals surface area contributed by atoms with Gasteiger partial charge in [-0.05, 0) is 48.9 Å². The Hall–Kier alpha value is -2.78. The summed E-state index contributed by atoms with van der Waals surface area (Å²) in [6, 6.07) is 10.5. The average molecular weight is 448 g/mol. The molecule has 1 aliphatic rings. The van der Waals surface area contributed by atoms with Crippen LogP contribution < -0.4 is 10.2 Å². The molecule has 166 valence electrons. The molecule has 31 heavy (non-hydrogen) atoms. The minimum absolute atomic E-state index is 0.0203. The SMILES string of the molecule is CCN(CC)S(=O)(=O)c1ccc(NC(=O)C2CC(=O)N(c3ccc(C)cc3F)C2)cc1. The molecule has 1 aliphatic heterocycles. The van der Waals surface area contributed by atoms with Crippen LogP contribution in [0.2, 0.25) is 0 Å². The van der Waals surface area contributed by atoms with Crippen molar-refractivity contribution in [3.63, 3.8) is 0 Å². The predicted molar refractivity (Wildman–Crippen MR) is 117 cm³/mol. The molecular formula is C22H26FN3O4S. The van der Waals surface area contributed by atoms with Crippen molar-refractivity contribution >= 4 is 33.2 Å². The van der Waals surface area contributed by atoms with Crippen molar-refractivity contribution in [2.24, 2.45) is 5.92 Å². The van der Waals surface area contributed by atoms with Gasteiger partial charge in [-0.1, -0.05) is 19.9 Å². The first-order valence-corrected chi connectivity index (χ1v) is 11.6. The van der Waals surface area contributed by atoms with E-state index >= 15 is 0 Å². The number of amides is 2. The van der Waals surface area contributed by atoms with E-state index in [0.717, 1.165) is 5.56 Å². The Balaban J connectivity index is 1.69. The van der Waals surface area contributed by atoms with Gasteiger partial charge in [-0.3, -0.25) is 9.59 Å². The van der Waals surface area contributed by atoms with Crippen LogP contribution in [0.1, 0.15) is 25.8 Å². The first kappa shape index (κ1) is 22.9. The second-order valence-electron chi connectivity index (χ2n) is 7.46. The van der Waals surface area contributed by atoms with Crippen molar-refractivity contribution < 1.29 is 22.4 Å². The third kappa shape index (κ3) is 4.77. The van der Waals surface area contributed by atoms with Crippen molar-refractivity contribution in [3.05, 3.63) is 53.8 Å². The number of sulfonamides is 1. The van der Waals surface area contributed by atoms with Crippen LogP contribution in [0.3, 0.4) is 0 Å². The molecule has 0 aromatic heterocycles. The summed E-state index contributed by atoms with van der Waals surface area (Å²) in [4.78, 5) is 26.4. The molecule has 0 spiro atoms. The molecule has 9 heteroatoms. The third-order valence-corrected chi connectivity index (χ3v) is 7.42. The Labute approximate surface area is 181 Å². The van der Waals surface area contributed by atoms with Gasteiger partial charge in [0.15, 0.2) is 0 Å². The Kier molecular flexibility index (Phi) is 6.76. The summed E-state index contributed by atoms with van der Waals surface area (Å²) < 4.78 is 40.7. The summed E-state index contributed by atoms with van der Waals surface area (Å²) >= 11 is 0. The van der Waals surface area contributed by atoms with Crippen LogP contribution in [0.15, 0.2) is 47.4 Å². The summed E-state index contributed by atoms with van der Waals surface area (Å²) in [5.41, 5.74) is 1.33. The molecule has 3 rings (SSSR count). The first-order valence-electron chi connectivity index (χ1n) is 10.1. The predicted octanol–water partition coefficient (Wildman–Crippen LogP) is 3.16. The molecule has 0 aliphatic carbocycles. The smallest absolute Gasteiger partial charge is 0.243 e. The maximum absolute atomic E-state index is 14.2. The van der Waals surface area contributed by atoms with Gasteiger partial charge in [-0.2, -0.15) is 4.31 Å². The van der Waals surface area contributed by atoms with E-state index in [1.54, 1.807) is 26.8 Å². The minimum atomic E-state index is -3.58. The van der Waals surface area contributed by atoms with Gasteiger partial charge in [-0.15, -0.1) is 0 Å². The Bertz CT molecular complexity index is 1080. The standard InChI is InChI=1S/C22H26FN3O4S/c1-4-25(5-2)31(29,30)18-9-7-17(8-10-18)24-22(28)16-13-21(27)26(14-16)20-11-6-15(3)12-19(20)23/h6-12,16H,4-5,13-14H2,1-3H3,(H,24,28). The molecule has 1 unspecified atom stereocenters. The molecule has 2 aromatic rings. The monoisotopic (exact) mass is 447 g/mol. The van der Waals surface area contributed by atoms with Crippen LogP contribution in [-0.4, -0.2) is 44.2 Å². The number of halogens is 1. The second-order valence-corrected chi connectivity index (χ2v) is 9.40. The van der Waals surface area contributed by atoms with Crippen molar-refractivity contribution in [2.45, 2.75) is 32.1 Å². The van der Waals surface area contributed by atoms with E-state index < -0.39 is 21.8 Å². The van der Waals surface area contributed by atoms with Crippen molar-refractivity contribution in [1.29, 1.82) is 0 Å². The summed E-state index contributed by atoms with van der Waals surface area (Å²) in [5, 5.41) is 2.72. The van der Waals surface area contributed by atoms with Gasteiger partial charge in [0.05, 0.1) is 16.5 Å². The zero-order valence-corrected chi connectivity index (χ0v) is 18.6. The number of nitrogens with one attached hydrogen (secondary N) is 1. The summed E-state index contributed by atoms with van der Waals surface area (Å²) in [5.74, 6) is -1.82. The Morgan fingerprint density at radius 2 is 1.81 bits per heavy atom. The molecule has 1 N–H and O–H groups in total. The maximum atomic E-state index is 14.2. The van der Waals surface area contributed by atoms with E-state index in [-0.39, 0.29) is 35.4 Å². The van der Waals surface area contributed by atoms with Crippen molar-refractivity contribution in [2.75, 3.05) is 29.9 Å². The number of carbonyl (C=O) groups excluding carboxylic acids is 2. The molecule has 2 amide bonds. The van der Waals surface area contributed by atoms with Crippen LogP contribution in [0.5, 0.6) is 0 Å². The van der Waals surface area contributed by atoms with E-state index in [1.165, 1.54) is 45.6 Å². The van der Waals surface area contributed by atoms with E-state index in [4.69, 9.17) is 0 Å². The molecule has 7 nitrogen and oxygen atoms in total. The quantitative estimate of drug-likeness (QED) is 0.706. The molecular weight excluding hydrogens is 421 g/mol. The van der Waals surface area contributed by atoms with E-state index in [9.17, 15) is 22.4 Å². The number of rotatable bonds is 7. The topological polar surface area (TPSA) is 86.8 Å². The lowest BCUT2D eigenvalue weighted by molar-refractivity contribution is -0.122. The largest absolute Gasteiger partial charge is 0.326 e. The molecule has 1 atom stereocenters. The lowest BCUT2D eigenvalue weighted by Gasteiger charge is -2.19. The number of hydrogen-bond donors (Lipinski definition) is 1. The van der Waals surface area contributed by atoms with Gasteiger partial charge < -0.3 is 10.2 Å². The number of anilines is 2. The van der Waals surface area contributed by atoms with Crippen LogP contribution in [0.4, 0.5) is 15.8 Å². The lowest BCUT2D eigenvalue weighted by Crippen LogP contribution is -2.30. The van der Waals surface area contributed by atoms with Crippen LogP contribution >= 0.6 is 0 Å². The Morgan fingerprint density at radius 3 is 2.39 bits per heavy atom. The molecule has 1 heterocycles. The fourth-order valence-corrected chi connectivity index (χ4v) is 5.07. The highest BCUT2D eigenvalue weighted by Crippen LogP contribution is 2.29. The van der Waals surface area contributed by atoms with Gasteiger partial charge in [0, 0.05) is 31.7 Å². The summed E-state index contributed by atoms with van der Waals surface area (Å²) in [6.45, 7) is 6.11. The molecule has 0 radical (unpaired) electrons. The number of hydrogen-bond acceptors (Lipinski definition) is 4. The van der Waals surface area contributed by atoms with E-state index in [2.05, 4.69) is 5.32 Å². The maximum Gasteiger partial charge on any atom is 0.243 e. The molecule has 0 saturated carbocycles.